The third-order valence-electron chi connectivity index (χ3n) is 1.94. The molecule has 1 aromatic rings. The van der Waals surface area contributed by atoms with Crippen molar-refractivity contribution < 1.29 is 27.6 Å². The fourth-order valence-electron chi connectivity index (χ4n) is 1.31. The Morgan fingerprint density at radius 2 is 2.21 bits per heavy atom. The number of alkyl halides is 3. The second kappa shape index (κ2) is 5.38. The summed E-state index contributed by atoms with van der Waals surface area (Å²) in [5.41, 5.74) is -0.385. The van der Waals surface area contributed by atoms with Crippen LogP contribution in [0.25, 0.3) is 0 Å². The second-order valence-corrected chi connectivity index (χ2v) is 3.10. The van der Waals surface area contributed by atoms with Crippen LogP contribution in [0.4, 0.5) is 19.0 Å². The van der Waals surface area contributed by atoms with Gasteiger partial charge in [-0.25, -0.2) is 0 Å². The number of methoxy groups -OCH3 is 1. The Morgan fingerprint density at radius 1 is 1.58 bits per heavy atom. The first-order chi connectivity index (χ1) is 8.80. The standard InChI is InChI=1S/C9H6F3N3O4/c1-18-7-5(2-3-13)6(19-9(10,11)12)4-14-8(7)15(16)17/h4H,2H2,1H3. The van der Waals surface area contributed by atoms with Crippen LogP contribution in [-0.4, -0.2) is 23.4 Å². The van der Waals surface area contributed by atoms with Crippen LogP contribution in [0.2, 0.25) is 0 Å². The number of hydrogen-bond acceptors (Lipinski definition) is 6. The number of ether oxygens (including phenoxy) is 2. The lowest BCUT2D eigenvalue weighted by molar-refractivity contribution is -0.390. The Hall–Kier alpha value is -2.57. The topological polar surface area (TPSA) is 98.3 Å². The molecule has 19 heavy (non-hydrogen) atoms. The SMILES string of the molecule is COc1c([N+](=O)[O-])ncc(OC(F)(F)F)c1CC#N. The molecule has 0 amide bonds. The van der Waals surface area contributed by atoms with Crippen LogP contribution < -0.4 is 9.47 Å². The van der Waals surface area contributed by atoms with E-state index in [1.54, 1.807) is 6.07 Å². The molecule has 1 heterocycles. The van der Waals surface area contributed by atoms with Gasteiger partial charge in [-0.05, 0) is 9.91 Å². The minimum atomic E-state index is -5.01. The molecule has 7 nitrogen and oxygen atoms in total. The first-order valence-electron chi connectivity index (χ1n) is 4.63. The molecule has 1 aromatic heterocycles. The number of nitro groups is 1. The summed E-state index contributed by atoms with van der Waals surface area (Å²) in [6.07, 6.45) is -5.04. The fourth-order valence-corrected chi connectivity index (χ4v) is 1.31. The average molecular weight is 277 g/mol. The molecule has 0 aliphatic rings. The molecule has 10 heteroatoms. The molecule has 0 saturated carbocycles. The van der Waals surface area contributed by atoms with Crippen LogP contribution in [0.1, 0.15) is 5.56 Å². The van der Waals surface area contributed by atoms with Gasteiger partial charge in [0, 0.05) is 0 Å². The van der Waals surface area contributed by atoms with E-state index in [2.05, 4.69) is 14.5 Å². The predicted molar refractivity (Wildman–Crippen MR) is 53.4 cm³/mol. The highest BCUT2D eigenvalue weighted by Gasteiger charge is 2.35. The fraction of sp³-hybridized carbons (Fsp3) is 0.333. The molecule has 0 aliphatic carbocycles. The van der Waals surface area contributed by atoms with Crippen LogP contribution in [0.5, 0.6) is 11.5 Å². The van der Waals surface area contributed by atoms with Crippen molar-refractivity contribution in [3.63, 3.8) is 0 Å². The van der Waals surface area contributed by atoms with Crippen LogP contribution in [-0.2, 0) is 6.42 Å². The molecule has 102 valence electrons. The first kappa shape index (κ1) is 14.5. The zero-order valence-electron chi connectivity index (χ0n) is 9.39. The van der Waals surface area contributed by atoms with Gasteiger partial charge in [-0.2, -0.15) is 5.26 Å². The molecule has 0 bridgehead atoms. The van der Waals surface area contributed by atoms with Crippen molar-refractivity contribution >= 4 is 5.82 Å². The van der Waals surface area contributed by atoms with E-state index in [0.29, 0.717) is 6.20 Å². The van der Waals surface area contributed by atoms with Gasteiger partial charge in [-0.3, -0.25) is 0 Å². The monoisotopic (exact) mass is 277 g/mol. The van der Waals surface area contributed by atoms with E-state index in [0.717, 1.165) is 7.11 Å². The summed E-state index contributed by atoms with van der Waals surface area (Å²) >= 11 is 0. The number of nitrogens with zero attached hydrogens (tertiary/aromatic N) is 3. The van der Waals surface area contributed by atoms with Crippen molar-refractivity contribution in [2.24, 2.45) is 0 Å². The van der Waals surface area contributed by atoms with Gasteiger partial charge in [-0.1, -0.05) is 0 Å². The number of hydrogen-bond donors (Lipinski definition) is 0. The van der Waals surface area contributed by atoms with Crippen LogP contribution in [0, 0.1) is 21.4 Å². The van der Waals surface area contributed by atoms with Gasteiger partial charge in [0.25, 0.3) is 0 Å². The zero-order chi connectivity index (χ0) is 14.6. The highest BCUT2D eigenvalue weighted by atomic mass is 19.4. The minimum Gasteiger partial charge on any atom is -0.489 e. The summed E-state index contributed by atoms with van der Waals surface area (Å²) in [6.45, 7) is 0. The Kier molecular flexibility index (Phi) is 4.11. The molecular weight excluding hydrogens is 271 g/mol. The molecule has 0 atom stereocenters. The third-order valence-corrected chi connectivity index (χ3v) is 1.94. The molecule has 0 fully saturated rings. The van der Waals surface area contributed by atoms with Crippen molar-refractivity contribution in [2.75, 3.05) is 7.11 Å². The number of pyridine rings is 1. The van der Waals surface area contributed by atoms with Gasteiger partial charge in [0.05, 0.1) is 25.2 Å². The maximum atomic E-state index is 12.1. The maximum Gasteiger partial charge on any atom is 0.573 e. The molecule has 0 spiro atoms. The Morgan fingerprint density at radius 3 is 2.63 bits per heavy atom. The van der Waals surface area contributed by atoms with Crippen molar-refractivity contribution in [1.29, 1.82) is 5.26 Å². The molecule has 0 radical (unpaired) electrons. The van der Waals surface area contributed by atoms with E-state index in [1.807, 2.05) is 0 Å². The van der Waals surface area contributed by atoms with Gasteiger partial charge in [0.1, 0.15) is 0 Å². The van der Waals surface area contributed by atoms with E-state index in [-0.39, 0.29) is 5.56 Å². The van der Waals surface area contributed by atoms with Crippen molar-refractivity contribution in [2.45, 2.75) is 12.8 Å². The van der Waals surface area contributed by atoms with Crippen molar-refractivity contribution in [3.8, 4) is 17.6 Å². The highest BCUT2D eigenvalue weighted by Crippen LogP contribution is 2.37. The van der Waals surface area contributed by atoms with Crippen molar-refractivity contribution in [1.82, 2.24) is 4.98 Å². The Labute approximate surface area is 104 Å². The molecule has 0 N–H and O–H groups in total. The smallest absolute Gasteiger partial charge is 0.489 e. The van der Waals surface area contributed by atoms with E-state index in [4.69, 9.17) is 5.26 Å². The molecular formula is C9H6F3N3O4. The summed E-state index contributed by atoms with van der Waals surface area (Å²) < 4.78 is 44.7. The van der Waals surface area contributed by atoms with E-state index in [1.165, 1.54) is 0 Å². The first-order valence-corrected chi connectivity index (χ1v) is 4.63. The molecule has 0 unspecified atom stereocenters. The molecule has 0 aliphatic heterocycles. The zero-order valence-corrected chi connectivity index (χ0v) is 9.39. The van der Waals surface area contributed by atoms with Gasteiger partial charge in [-0.15, -0.1) is 13.2 Å². The molecule has 1 rings (SSSR count). The lowest BCUT2D eigenvalue weighted by Gasteiger charge is -2.12. The Balaban J connectivity index is 3.41. The number of halogens is 3. The molecule has 0 aromatic carbocycles. The molecule has 0 saturated heterocycles. The lowest BCUT2D eigenvalue weighted by Crippen LogP contribution is -2.19. The summed E-state index contributed by atoms with van der Waals surface area (Å²) in [7, 11) is 1.02. The quantitative estimate of drug-likeness (QED) is 0.616. The summed E-state index contributed by atoms with van der Waals surface area (Å²) in [4.78, 5) is 12.9. The highest BCUT2D eigenvalue weighted by molar-refractivity contribution is 5.53. The summed E-state index contributed by atoms with van der Waals surface area (Å²) in [5, 5.41) is 19.2. The lowest BCUT2D eigenvalue weighted by atomic mass is 10.1. The summed E-state index contributed by atoms with van der Waals surface area (Å²) in [5.74, 6) is -2.13. The number of nitriles is 1. The van der Waals surface area contributed by atoms with Crippen molar-refractivity contribution in [3.05, 3.63) is 21.9 Å². The maximum absolute atomic E-state index is 12.1. The largest absolute Gasteiger partial charge is 0.573 e. The van der Waals surface area contributed by atoms with Crippen LogP contribution >= 0.6 is 0 Å². The third kappa shape index (κ3) is 3.44. The van der Waals surface area contributed by atoms with Gasteiger partial charge in [0.15, 0.2) is 11.9 Å². The second-order valence-electron chi connectivity index (χ2n) is 3.10. The number of aromatic nitrogens is 1. The van der Waals surface area contributed by atoms with Gasteiger partial charge < -0.3 is 19.6 Å². The van der Waals surface area contributed by atoms with Gasteiger partial charge >= 0.3 is 12.2 Å². The van der Waals surface area contributed by atoms with E-state index < -0.39 is 35.0 Å². The van der Waals surface area contributed by atoms with Crippen LogP contribution in [0.15, 0.2) is 6.20 Å². The van der Waals surface area contributed by atoms with Crippen LogP contribution in [0.3, 0.4) is 0 Å². The average Bonchev–Trinajstić information content (AvgIpc) is 2.28. The predicted octanol–water partition coefficient (Wildman–Crippen LogP) is 1.96. The summed E-state index contributed by atoms with van der Waals surface area (Å²) in [6, 6.07) is 1.57. The number of rotatable bonds is 4. The van der Waals surface area contributed by atoms with E-state index >= 15 is 0 Å². The minimum absolute atomic E-state index is 0.385. The van der Waals surface area contributed by atoms with Gasteiger partial charge in [0.2, 0.25) is 5.75 Å². The van der Waals surface area contributed by atoms with E-state index in [9.17, 15) is 23.3 Å². The Bertz CT molecular complexity index is 539. The normalized spacial score (nSPS) is 10.7.